The lowest BCUT2D eigenvalue weighted by molar-refractivity contribution is -0.385. The fraction of sp³-hybridized carbons (Fsp3) is 0.188. The molecular weight excluding hydrogens is 386 g/mol. The van der Waals surface area contributed by atoms with Gasteiger partial charge in [0.15, 0.2) is 5.82 Å². The topological polar surface area (TPSA) is 95.8 Å². The maximum atomic E-state index is 14.1. The summed E-state index contributed by atoms with van der Waals surface area (Å²) in [6.07, 6.45) is -4.72. The Morgan fingerprint density at radius 3 is 2.50 bits per heavy atom. The molecule has 0 radical (unpaired) electrons. The van der Waals surface area contributed by atoms with Gasteiger partial charge in [-0.05, 0) is 42.0 Å². The molecule has 0 fully saturated rings. The molecule has 1 aromatic heterocycles. The Bertz CT molecular complexity index is 1120. The maximum absolute atomic E-state index is 14.1. The first-order valence-electron chi connectivity index (χ1n) is 7.72. The van der Waals surface area contributed by atoms with Crippen molar-refractivity contribution in [2.24, 2.45) is 0 Å². The van der Waals surface area contributed by atoms with Crippen LogP contribution < -0.4 is 5.69 Å². The van der Waals surface area contributed by atoms with Crippen molar-refractivity contribution in [3.63, 3.8) is 0 Å². The van der Waals surface area contributed by atoms with Gasteiger partial charge in [-0.15, -0.1) is 4.80 Å². The van der Waals surface area contributed by atoms with Gasteiger partial charge in [0.05, 0.1) is 17.0 Å². The third-order valence-electron chi connectivity index (χ3n) is 3.94. The van der Waals surface area contributed by atoms with E-state index in [0.29, 0.717) is 34.1 Å². The van der Waals surface area contributed by atoms with Crippen LogP contribution in [-0.2, 0) is 12.7 Å². The molecule has 1 heterocycles. The van der Waals surface area contributed by atoms with Gasteiger partial charge < -0.3 is 0 Å². The molecular formula is C16H11F4N5O3. The zero-order valence-electron chi connectivity index (χ0n) is 14.1. The predicted molar refractivity (Wildman–Crippen MR) is 87.5 cm³/mol. The Labute approximate surface area is 153 Å². The maximum Gasteiger partial charge on any atom is 0.416 e. The summed E-state index contributed by atoms with van der Waals surface area (Å²) >= 11 is 0. The summed E-state index contributed by atoms with van der Waals surface area (Å²) in [5.74, 6) is -1.04. The molecule has 0 saturated carbocycles. The van der Waals surface area contributed by atoms with Crippen LogP contribution in [0.4, 0.5) is 23.2 Å². The van der Waals surface area contributed by atoms with E-state index in [1.54, 1.807) is 0 Å². The highest BCUT2D eigenvalue weighted by Gasteiger charge is 2.32. The second kappa shape index (κ2) is 6.87. The molecule has 0 saturated heterocycles. The van der Waals surface area contributed by atoms with E-state index >= 15 is 0 Å². The first-order valence-corrected chi connectivity index (χ1v) is 7.72. The summed E-state index contributed by atoms with van der Waals surface area (Å²) in [6.45, 7) is 1.26. The SMILES string of the molecule is Cc1cc(Cn2c(=O)nnn2-c2cc(C(F)(F)F)ccc2F)ccc1[N+](=O)[O-]. The first-order chi connectivity index (χ1) is 13.1. The molecule has 3 aromatic rings. The fourth-order valence-corrected chi connectivity index (χ4v) is 2.61. The minimum absolute atomic E-state index is 0.133. The highest BCUT2D eigenvalue weighted by Crippen LogP contribution is 2.31. The molecule has 0 atom stereocenters. The van der Waals surface area contributed by atoms with Crippen LogP contribution in [0.3, 0.4) is 0 Å². The molecule has 2 aromatic carbocycles. The summed E-state index contributed by atoms with van der Waals surface area (Å²) < 4.78 is 53.7. The average Bonchev–Trinajstić information content (AvgIpc) is 2.94. The molecule has 0 amide bonds. The molecule has 0 bridgehead atoms. The first kappa shape index (κ1) is 19.2. The van der Waals surface area contributed by atoms with Crippen molar-refractivity contribution >= 4 is 5.69 Å². The summed E-state index contributed by atoms with van der Waals surface area (Å²) in [6, 6.07) is 5.74. The van der Waals surface area contributed by atoms with Crippen LogP contribution in [0.25, 0.3) is 5.69 Å². The normalized spacial score (nSPS) is 11.6. The van der Waals surface area contributed by atoms with Crippen molar-refractivity contribution < 1.29 is 22.5 Å². The number of alkyl halides is 3. The zero-order valence-corrected chi connectivity index (χ0v) is 14.1. The summed E-state index contributed by atoms with van der Waals surface area (Å²) in [4.78, 5) is 22.9. The van der Waals surface area contributed by atoms with Gasteiger partial charge in [0.1, 0.15) is 5.69 Å². The van der Waals surface area contributed by atoms with Gasteiger partial charge in [0.25, 0.3) is 5.69 Å². The monoisotopic (exact) mass is 397 g/mol. The van der Waals surface area contributed by atoms with Gasteiger partial charge in [0, 0.05) is 11.6 Å². The lowest BCUT2D eigenvalue weighted by atomic mass is 10.1. The Balaban J connectivity index is 2.06. The number of rotatable bonds is 4. The molecule has 0 unspecified atom stereocenters. The van der Waals surface area contributed by atoms with Crippen molar-refractivity contribution in [3.05, 3.63) is 79.5 Å². The third kappa shape index (κ3) is 3.61. The van der Waals surface area contributed by atoms with Crippen molar-refractivity contribution in [1.29, 1.82) is 0 Å². The third-order valence-corrected chi connectivity index (χ3v) is 3.94. The average molecular weight is 397 g/mol. The summed E-state index contributed by atoms with van der Waals surface area (Å²) in [7, 11) is 0. The lowest BCUT2D eigenvalue weighted by Gasteiger charge is -2.12. The van der Waals surface area contributed by atoms with E-state index in [2.05, 4.69) is 10.3 Å². The highest BCUT2D eigenvalue weighted by atomic mass is 19.4. The molecule has 28 heavy (non-hydrogen) atoms. The number of tetrazole rings is 1. The molecule has 146 valence electrons. The van der Waals surface area contributed by atoms with Crippen molar-refractivity contribution in [2.75, 3.05) is 0 Å². The Morgan fingerprint density at radius 2 is 1.89 bits per heavy atom. The number of hydrogen-bond acceptors (Lipinski definition) is 5. The second-order valence-electron chi connectivity index (χ2n) is 5.86. The Kier molecular flexibility index (Phi) is 4.71. The summed E-state index contributed by atoms with van der Waals surface area (Å²) in [5.41, 5.74) is -2.05. The smallest absolute Gasteiger partial charge is 0.258 e. The van der Waals surface area contributed by atoms with E-state index < -0.39 is 33.9 Å². The Hall–Kier alpha value is -3.57. The van der Waals surface area contributed by atoms with Crippen LogP contribution >= 0.6 is 0 Å². The van der Waals surface area contributed by atoms with E-state index in [9.17, 15) is 32.5 Å². The van der Waals surface area contributed by atoms with Gasteiger partial charge in [-0.3, -0.25) is 10.1 Å². The van der Waals surface area contributed by atoms with Crippen LogP contribution in [-0.4, -0.2) is 24.7 Å². The summed E-state index contributed by atoms with van der Waals surface area (Å²) in [5, 5.41) is 17.6. The largest absolute Gasteiger partial charge is 0.416 e. The van der Waals surface area contributed by atoms with Crippen molar-refractivity contribution in [1.82, 2.24) is 19.8 Å². The van der Waals surface area contributed by atoms with Crippen molar-refractivity contribution in [3.8, 4) is 5.69 Å². The van der Waals surface area contributed by atoms with Gasteiger partial charge >= 0.3 is 11.9 Å². The van der Waals surface area contributed by atoms with E-state index in [0.717, 1.165) is 4.68 Å². The number of nitro groups is 1. The number of aromatic nitrogens is 4. The van der Waals surface area contributed by atoms with Gasteiger partial charge in [-0.2, -0.15) is 13.2 Å². The number of benzene rings is 2. The lowest BCUT2D eigenvalue weighted by Crippen LogP contribution is -2.25. The minimum Gasteiger partial charge on any atom is -0.258 e. The van der Waals surface area contributed by atoms with Crippen LogP contribution in [0.15, 0.2) is 41.2 Å². The van der Waals surface area contributed by atoms with E-state index in [1.165, 1.54) is 25.1 Å². The van der Waals surface area contributed by atoms with E-state index in [4.69, 9.17) is 0 Å². The van der Waals surface area contributed by atoms with E-state index in [1.807, 2.05) is 0 Å². The van der Waals surface area contributed by atoms with Crippen molar-refractivity contribution in [2.45, 2.75) is 19.6 Å². The van der Waals surface area contributed by atoms with Crippen LogP contribution in [0.1, 0.15) is 16.7 Å². The minimum atomic E-state index is -4.72. The number of nitrogens with zero attached hydrogens (tertiary/aromatic N) is 5. The molecule has 0 aliphatic rings. The fourth-order valence-electron chi connectivity index (χ4n) is 2.61. The van der Waals surface area contributed by atoms with Gasteiger partial charge in [0.2, 0.25) is 0 Å². The number of nitro benzene ring substituents is 1. The van der Waals surface area contributed by atoms with Crippen LogP contribution in [0, 0.1) is 22.9 Å². The number of halogens is 4. The predicted octanol–water partition coefficient (Wildman–Crippen LogP) is 2.85. The number of hydrogen-bond donors (Lipinski definition) is 0. The molecule has 3 rings (SSSR count). The molecule has 0 aliphatic carbocycles. The van der Waals surface area contributed by atoms with Gasteiger partial charge in [-0.25, -0.2) is 13.9 Å². The molecule has 0 aliphatic heterocycles. The van der Waals surface area contributed by atoms with Crippen LogP contribution in [0.5, 0.6) is 0 Å². The molecule has 12 heteroatoms. The number of aryl methyl sites for hydroxylation is 1. The molecule has 0 spiro atoms. The standard InChI is InChI=1S/C16H11F4N5O3/c1-9-6-10(2-5-13(9)25(27)28)8-23-15(26)21-22-24(23)14-7-11(16(18,19)20)3-4-12(14)17/h2-7H,8H2,1H3. The zero-order chi connectivity index (χ0) is 20.6. The quantitative estimate of drug-likeness (QED) is 0.383. The Morgan fingerprint density at radius 1 is 1.18 bits per heavy atom. The second-order valence-corrected chi connectivity index (χ2v) is 5.86. The van der Waals surface area contributed by atoms with Crippen LogP contribution in [0.2, 0.25) is 0 Å². The van der Waals surface area contributed by atoms with Gasteiger partial charge in [-0.1, -0.05) is 11.2 Å². The van der Waals surface area contributed by atoms with E-state index in [-0.39, 0.29) is 12.2 Å². The molecule has 0 N–H and O–H groups in total. The molecule has 8 nitrogen and oxygen atoms in total. The highest BCUT2D eigenvalue weighted by molar-refractivity contribution is 5.42.